The van der Waals surface area contributed by atoms with Gasteiger partial charge in [0.05, 0.1) is 21.0 Å². The molecule has 0 radical (unpaired) electrons. The van der Waals surface area contributed by atoms with Gasteiger partial charge in [0.2, 0.25) is 15.9 Å². The molecule has 0 N–H and O–H groups in total. The maximum Gasteiger partial charge on any atom is 0.243 e. The number of rotatable bonds is 4. The lowest BCUT2D eigenvalue weighted by Gasteiger charge is -2.38. The van der Waals surface area contributed by atoms with Crippen LogP contribution in [0.1, 0.15) is 18.4 Å². The van der Waals surface area contributed by atoms with Crippen molar-refractivity contribution in [3.05, 3.63) is 53.1 Å². The van der Waals surface area contributed by atoms with Crippen molar-refractivity contribution in [3.8, 4) is 0 Å². The molecule has 34 heavy (non-hydrogen) atoms. The van der Waals surface area contributed by atoms with E-state index in [9.17, 15) is 13.2 Å². The zero-order valence-electron chi connectivity index (χ0n) is 19.0. The molecule has 1 unspecified atom stereocenters. The zero-order valence-corrected chi connectivity index (χ0v) is 21.4. The number of carbonyl (C=O) groups excluding carboxylic acids is 1. The largest absolute Gasteiger partial charge is 0.345 e. The molecule has 7 nitrogen and oxygen atoms in total. The summed E-state index contributed by atoms with van der Waals surface area (Å²) >= 11 is 7.60. The van der Waals surface area contributed by atoms with Gasteiger partial charge in [0, 0.05) is 44.3 Å². The lowest BCUT2D eigenvalue weighted by atomic mass is 9.98. The predicted octanol–water partition coefficient (Wildman–Crippen LogP) is 4.01. The predicted molar refractivity (Wildman–Crippen MR) is 136 cm³/mol. The van der Waals surface area contributed by atoms with Crippen molar-refractivity contribution in [3.63, 3.8) is 0 Å². The summed E-state index contributed by atoms with van der Waals surface area (Å²) in [5, 5.41) is 1.49. The van der Waals surface area contributed by atoms with E-state index in [1.54, 1.807) is 23.5 Å². The lowest BCUT2D eigenvalue weighted by Crippen LogP contribution is -2.53. The van der Waals surface area contributed by atoms with E-state index in [1.807, 2.05) is 4.90 Å². The van der Waals surface area contributed by atoms with Crippen LogP contribution in [0.25, 0.3) is 10.2 Å². The smallest absolute Gasteiger partial charge is 0.243 e. The maximum absolute atomic E-state index is 13.3. The Kier molecular flexibility index (Phi) is 6.54. The summed E-state index contributed by atoms with van der Waals surface area (Å²) < 4.78 is 28.8. The topological polar surface area (TPSA) is 73.8 Å². The minimum atomic E-state index is -3.65. The molecule has 2 fully saturated rings. The van der Waals surface area contributed by atoms with Gasteiger partial charge in [0.15, 0.2) is 5.13 Å². The molecule has 0 saturated carbocycles. The van der Waals surface area contributed by atoms with E-state index in [2.05, 4.69) is 30.0 Å². The molecule has 10 heteroatoms. The highest BCUT2D eigenvalue weighted by molar-refractivity contribution is 7.89. The third-order valence-electron chi connectivity index (χ3n) is 6.66. The Bertz CT molecular complexity index is 1300. The number of aromatic nitrogens is 1. The Hall–Kier alpha value is -2.20. The van der Waals surface area contributed by atoms with Gasteiger partial charge in [0.25, 0.3) is 0 Å². The van der Waals surface area contributed by atoms with Gasteiger partial charge >= 0.3 is 0 Å². The highest BCUT2D eigenvalue weighted by atomic mass is 35.5. The lowest BCUT2D eigenvalue weighted by molar-refractivity contribution is -0.137. The third-order valence-corrected chi connectivity index (χ3v) is 9.87. The molecular weight excluding hydrogens is 492 g/mol. The fourth-order valence-electron chi connectivity index (χ4n) is 4.70. The molecule has 0 bridgehead atoms. The minimum absolute atomic E-state index is 0.0517. The fourth-order valence-corrected chi connectivity index (χ4v) is 7.45. The van der Waals surface area contributed by atoms with Crippen molar-refractivity contribution < 1.29 is 13.2 Å². The summed E-state index contributed by atoms with van der Waals surface area (Å²) in [4.78, 5) is 22.5. The standard InChI is InChI=1S/C24H27ClN4O3S2/c1-17-4-2-6-21-22(17)26-24(33-21)28-14-12-27(13-15-28)23(30)18-5-3-11-29(16-18)34(31,32)20-9-7-19(25)8-10-20/h2,4,6-10,18H,3,5,11-16H2,1H3. The Morgan fingerprint density at radius 3 is 2.50 bits per heavy atom. The van der Waals surface area contributed by atoms with E-state index in [0.29, 0.717) is 37.5 Å². The van der Waals surface area contributed by atoms with Gasteiger partial charge < -0.3 is 9.80 Å². The number of benzene rings is 2. The first-order chi connectivity index (χ1) is 16.3. The second kappa shape index (κ2) is 9.45. The molecule has 5 rings (SSSR count). The van der Waals surface area contributed by atoms with Gasteiger partial charge in [-0.3, -0.25) is 4.79 Å². The number of piperazine rings is 1. The van der Waals surface area contributed by atoms with Gasteiger partial charge in [0.1, 0.15) is 0 Å². The molecule has 0 spiro atoms. The van der Waals surface area contributed by atoms with Gasteiger partial charge in [-0.2, -0.15) is 4.31 Å². The summed E-state index contributed by atoms with van der Waals surface area (Å²) in [5.74, 6) is -0.261. The molecule has 2 aliphatic rings. The zero-order chi connectivity index (χ0) is 23.9. The first-order valence-electron chi connectivity index (χ1n) is 11.5. The number of carbonyl (C=O) groups is 1. The van der Waals surface area contributed by atoms with Gasteiger partial charge in [-0.1, -0.05) is 35.1 Å². The molecule has 1 amide bonds. The Balaban J connectivity index is 1.22. The van der Waals surface area contributed by atoms with Crippen LogP contribution in [-0.4, -0.2) is 67.8 Å². The highest BCUT2D eigenvalue weighted by Crippen LogP contribution is 2.31. The van der Waals surface area contributed by atoms with Crippen molar-refractivity contribution in [2.45, 2.75) is 24.7 Å². The molecule has 2 saturated heterocycles. The van der Waals surface area contributed by atoms with Crippen LogP contribution in [0.15, 0.2) is 47.4 Å². The summed E-state index contributed by atoms with van der Waals surface area (Å²) in [6, 6.07) is 12.4. The Morgan fingerprint density at radius 2 is 1.79 bits per heavy atom. The van der Waals surface area contributed by atoms with Crippen molar-refractivity contribution in [1.82, 2.24) is 14.2 Å². The van der Waals surface area contributed by atoms with E-state index in [4.69, 9.17) is 16.6 Å². The molecule has 180 valence electrons. The molecule has 0 aliphatic carbocycles. The first kappa shape index (κ1) is 23.5. The molecule has 2 aromatic carbocycles. The summed E-state index contributed by atoms with van der Waals surface area (Å²) in [6.45, 7) is 5.42. The summed E-state index contributed by atoms with van der Waals surface area (Å²) in [5.41, 5.74) is 2.22. The number of hydrogen-bond donors (Lipinski definition) is 0. The number of para-hydroxylation sites is 1. The quantitative estimate of drug-likeness (QED) is 0.522. The summed E-state index contributed by atoms with van der Waals surface area (Å²) in [6.07, 6.45) is 1.39. The number of aryl methyl sites for hydroxylation is 1. The monoisotopic (exact) mass is 518 g/mol. The number of piperidine rings is 1. The maximum atomic E-state index is 13.3. The minimum Gasteiger partial charge on any atom is -0.345 e. The van der Waals surface area contributed by atoms with Crippen molar-refractivity contribution in [2.24, 2.45) is 5.92 Å². The van der Waals surface area contributed by atoms with Gasteiger partial charge in [-0.25, -0.2) is 13.4 Å². The first-order valence-corrected chi connectivity index (χ1v) is 14.1. The number of hydrogen-bond acceptors (Lipinski definition) is 6. The highest BCUT2D eigenvalue weighted by Gasteiger charge is 2.36. The van der Waals surface area contributed by atoms with Crippen molar-refractivity contribution >= 4 is 54.2 Å². The van der Waals surface area contributed by atoms with E-state index in [0.717, 1.165) is 23.7 Å². The van der Waals surface area contributed by atoms with Crippen LogP contribution in [0.3, 0.4) is 0 Å². The number of halogens is 1. The molecule has 1 atom stereocenters. The SMILES string of the molecule is Cc1cccc2sc(N3CCN(C(=O)C4CCCN(S(=O)(=O)c5ccc(Cl)cc5)C4)CC3)nc12. The number of anilines is 1. The van der Waals surface area contributed by atoms with Crippen molar-refractivity contribution in [2.75, 3.05) is 44.2 Å². The number of nitrogens with zero attached hydrogens (tertiary/aromatic N) is 4. The third kappa shape index (κ3) is 4.54. The number of fused-ring (bicyclic) bond motifs is 1. The molecule has 3 heterocycles. The van der Waals surface area contributed by atoms with Crippen LogP contribution >= 0.6 is 22.9 Å². The molecule has 1 aromatic heterocycles. The van der Waals surface area contributed by atoms with Crippen LogP contribution in [0.5, 0.6) is 0 Å². The molecular formula is C24H27ClN4O3S2. The number of amides is 1. The summed E-state index contributed by atoms with van der Waals surface area (Å²) in [7, 11) is -3.65. The molecule has 3 aromatic rings. The van der Waals surface area contributed by atoms with Gasteiger partial charge in [-0.05, 0) is 55.7 Å². The number of thiazole rings is 1. The van der Waals surface area contributed by atoms with Crippen LogP contribution in [-0.2, 0) is 14.8 Å². The van der Waals surface area contributed by atoms with Crippen molar-refractivity contribution in [1.29, 1.82) is 0 Å². The van der Waals surface area contributed by atoms with E-state index < -0.39 is 10.0 Å². The van der Waals surface area contributed by atoms with Crippen LogP contribution in [0, 0.1) is 12.8 Å². The van der Waals surface area contributed by atoms with Gasteiger partial charge in [-0.15, -0.1) is 0 Å². The van der Waals surface area contributed by atoms with Crippen LogP contribution in [0.2, 0.25) is 5.02 Å². The Morgan fingerprint density at radius 1 is 1.06 bits per heavy atom. The Labute approximate surface area is 209 Å². The second-order valence-electron chi connectivity index (χ2n) is 8.89. The average Bonchev–Trinajstić information content (AvgIpc) is 3.30. The second-order valence-corrected chi connectivity index (χ2v) is 12.3. The van der Waals surface area contributed by atoms with Crippen LogP contribution in [0.4, 0.5) is 5.13 Å². The molecule has 2 aliphatic heterocycles. The van der Waals surface area contributed by atoms with E-state index in [-0.39, 0.29) is 23.3 Å². The van der Waals surface area contributed by atoms with E-state index >= 15 is 0 Å². The fraction of sp³-hybridized carbons (Fsp3) is 0.417. The normalized spacial score (nSPS) is 20.1. The van der Waals surface area contributed by atoms with Crippen LogP contribution < -0.4 is 4.90 Å². The average molecular weight is 519 g/mol. The number of sulfonamides is 1. The van der Waals surface area contributed by atoms with E-state index in [1.165, 1.54) is 26.7 Å².